The van der Waals surface area contributed by atoms with E-state index in [4.69, 9.17) is 32.7 Å². The number of rotatable bonds is 5. The molecule has 7 nitrogen and oxygen atoms in total. The molecule has 3 amide bonds. The van der Waals surface area contributed by atoms with Crippen LogP contribution in [0.3, 0.4) is 0 Å². The van der Waals surface area contributed by atoms with Crippen molar-refractivity contribution in [3.05, 3.63) is 46.4 Å². The zero-order chi connectivity index (χ0) is 20.3. The van der Waals surface area contributed by atoms with Gasteiger partial charge < -0.3 is 25.0 Å². The molecule has 0 saturated carbocycles. The van der Waals surface area contributed by atoms with E-state index < -0.39 is 6.03 Å². The number of benzene rings is 2. The van der Waals surface area contributed by atoms with Gasteiger partial charge in [-0.25, -0.2) is 4.79 Å². The highest BCUT2D eigenvalue weighted by molar-refractivity contribution is 6.43. The molecule has 1 aliphatic heterocycles. The molecule has 1 aliphatic rings. The lowest BCUT2D eigenvalue weighted by Gasteiger charge is -2.19. The second-order valence-corrected chi connectivity index (χ2v) is 6.93. The van der Waals surface area contributed by atoms with Gasteiger partial charge in [0.15, 0.2) is 11.5 Å². The molecule has 0 radical (unpaired) electrons. The van der Waals surface area contributed by atoms with Crippen LogP contribution in [0.1, 0.15) is 6.42 Å². The van der Waals surface area contributed by atoms with E-state index in [0.717, 1.165) is 0 Å². The summed E-state index contributed by atoms with van der Waals surface area (Å²) in [6.45, 7) is 0.338. The van der Waals surface area contributed by atoms with Gasteiger partial charge in [0.2, 0.25) is 5.91 Å². The van der Waals surface area contributed by atoms with Gasteiger partial charge in [-0.2, -0.15) is 0 Å². The van der Waals surface area contributed by atoms with Crippen molar-refractivity contribution in [2.75, 3.05) is 31.0 Å². The van der Waals surface area contributed by atoms with E-state index in [0.29, 0.717) is 34.4 Å². The Labute approximate surface area is 172 Å². The lowest BCUT2D eigenvalue weighted by atomic mass is 10.2. The monoisotopic (exact) mass is 423 g/mol. The molecule has 0 bridgehead atoms. The quantitative estimate of drug-likeness (QED) is 0.762. The van der Waals surface area contributed by atoms with Crippen LogP contribution in [-0.4, -0.2) is 38.7 Å². The van der Waals surface area contributed by atoms with Crippen molar-refractivity contribution in [1.29, 1.82) is 0 Å². The van der Waals surface area contributed by atoms with Gasteiger partial charge >= 0.3 is 6.03 Å². The maximum Gasteiger partial charge on any atom is 0.319 e. The maximum absolute atomic E-state index is 12.4. The minimum Gasteiger partial charge on any atom is -0.493 e. The number of anilines is 2. The second kappa shape index (κ2) is 8.58. The second-order valence-electron chi connectivity index (χ2n) is 6.14. The smallest absolute Gasteiger partial charge is 0.319 e. The average Bonchev–Trinajstić information content (AvgIpc) is 3.04. The third-order valence-corrected chi connectivity index (χ3v) is 5.16. The number of nitrogens with one attached hydrogen (secondary N) is 2. The van der Waals surface area contributed by atoms with Crippen molar-refractivity contribution in [1.82, 2.24) is 5.32 Å². The summed E-state index contributed by atoms with van der Waals surface area (Å²) in [6.07, 6.45) is 0.186. The number of methoxy groups -OCH3 is 2. The van der Waals surface area contributed by atoms with E-state index in [1.54, 1.807) is 48.4 Å². The highest BCUT2D eigenvalue weighted by Gasteiger charge is 2.32. The molecule has 148 valence electrons. The predicted molar refractivity (Wildman–Crippen MR) is 109 cm³/mol. The minimum absolute atomic E-state index is 0.0988. The number of urea groups is 1. The molecule has 28 heavy (non-hydrogen) atoms. The SMILES string of the molecule is COc1ccc(N2C[C@@H](NC(=O)Nc3cccc(Cl)c3Cl)CC2=O)cc1OC. The van der Waals surface area contributed by atoms with Gasteiger partial charge in [-0.1, -0.05) is 29.3 Å². The van der Waals surface area contributed by atoms with Gasteiger partial charge in [0.05, 0.1) is 36.0 Å². The van der Waals surface area contributed by atoms with Crippen molar-refractivity contribution in [3.63, 3.8) is 0 Å². The Morgan fingerprint density at radius 1 is 1.14 bits per heavy atom. The average molecular weight is 424 g/mol. The van der Waals surface area contributed by atoms with Gasteiger partial charge in [-0.3, -0.25) is 4.79 Å². The normalized spacial score (nSPS) is 16.1. The van der Waals surface area contributed by atoms with Crippen LogP contribution in [0.15, 0.2) is 36.4 Å². The number of carbonyl (C=O) groups is 2. The molecule has 1 saturated heterocycles. The standard InChI is InChI=1S/C19H19Cl2N3O4/c1-27-15-7-6-12(9-16(15)28-2)24-10-11(8-17(24)25)22-19(26)23-14-5-3-4-13(20)18(14)21/h3-7,9,11H,8,10H2,1-2H3,(H2,22,23,26)/t11-/m0/s1. The van der Waals surface area contributed by atoms with Crippen molar-refractivity contribution in [2.24, 2.45) is 0 Å². The van der Waals surface area contributed by atoms with Crippen LogP contribution in [-0.2, 0) is 4.79 Å². The van der Waals surface area contributed by atoms with Crippen LogP contribution in [0.5, 0.6) is 11.5 Å². The van der Waals surface area contributed by atoms with Crippen LogP contribution >= 0.6 is 23.2 Å². The third kappa shape index (κ3) is 4.26. The largest absolute Gasteiger partial charge is 0.493 e. The molecule has 1 fully saturated rings. The van der Waals surface area contributed by atoms with Crippen molar-refractivity contribution < 1.29 is 19.1 Å². The fraction of sp³-hybridized carbons (Fsp3) is 0.263. The van der Waals surface area contributed by atoms with E-state index in [1.165, 1.54) is 7.11 Å². The first-order valence-electron chi connectivity index (χ1n) is 8.47. The van der Waals surface area contributed by atoms with Crippen LogP contribution in [0, 0.1) is 0 Å². The molecule has 1 heterocycles. The van der Waals surface area contributed by atoms with E-state index in [2.05, 4.69) is 10.6 Å². The Bertz CT molecular complexity index is 907. The summed E-state index contributed by atoms with van der Waals surface area (Å²) in [6, 6.07) is 9.37. The molecule has 3 rings (SSSR count). The van der Waals surface area contributed by atoms with Crippen LogP contribution in [0.4, 0.5) is 16.2 Å². The zero-order valence-electron chi connectivity index (χ0n) is 15.3. The summed E-state index contributed by atoms with van der Waals surface area (Å²) >= 11 is 12.0. The number of hydrogen-bond acceptors (Lipinski definition) is 4. The first kappa shape index (κ1) is 20.1. The Kier molecular flexibility index (Phi) is 6.16. The van der Waals surface area contributed by atoms with E-state index >= 15 is 0 Å². The molecule has 2 aromatic carbocycles. The number of amides is 3. The molecule has 2 aromatic rings. The fourth-order valence-electron chi connectivity index (χ4n) is 2.99. The summed E-state index contributed by atoms with van der Waals surface area (Å²) in [5.41, 5.74) is 1.07. The summed E-state index contributed by atoms with van der Waals surface area (Å²) < 4.78 is 10.5. The van der Waals surface area contributed by atoms with Gasteiger partial charge in [-0.15, -0.1) is 0 Å². The number of halogens is 2. The molecule has 2 N–H and O–H groups in total. The van der Waals surface area contributed by atoms with Gasteiger partial charge in [-0.05, 0) is 24.3 Å². The molecule has 0 aromatic heterocycles. The van der Waals surface area contributed by atoms with E-state index in [-0.39, 0.29) is 23.4 Å². The number of hydrogen-bond donors (Lipinski definition) is 2. The van der Waals surface area contributed by atoms with Crippen LogP contribution in [0.2, 0.25) is 10.0 Å². The lowest BCUT2D eigenvalue weighted by Crippen LogP contribution is -2.39. The van der Waals surface area contributed by atoms with Crippen molar-refractivity contribution in [2.45, 2.75) is 12.5 Å². The molecular weight excluding hydrogens is 405 g/mol. The predicted octanol–water partition coefficient (Wildman–Crippen LogP) is 3.94. The number of nitrogens with zero attached hydrogens (tertiary/aromatic N) is 1. The number of carbonyl (C=O) groups excluding carboxylic acids is 2. The minimum atomic E-state index is -0.462. The van der Waals surface area contributed by atoms with Gasteiger partial charge in [0, 0.05) is 24.7 Å². The molecule has 0 unspecified atom stereocenters. The van der Waals surface area contributed by atoms with Gasteiger partial charge in [0.25, 0.3) is 0 Å². The molecule has 0 spiro atoms. The Hall–Kier alpha value is -2.64. The Balaban J connectivity index is 1.66. The number of ether oxygens (including phenoxy) is 2. The Morgan fingerprint density at radius 3 is 2.61 bits per heavy atom. The lowest BCUT2D eigenvalue weighted by molar-refractivity contribution is -0.117. The molecule has 1 atom stereocenters. The molecule has 0 aliphatic carbocycles. The molecular formula is C19H19Cl2N3O4. The van der Waals surface area contributed by atoms with Crippen molar-refractivity contribution in [3.8, 4) is 11.5 Å². The molecule has 9 heteroatoms. The first-order chi connectivity index (χ1) is 13.4. The summed E-state index contributed by atoms with van der Waals surface area (Å²) in [4.78, 5) is 26.3. The summed E-state index contributed by atoms with van der Waals surface area (Å²) in [7, 11) is 3.08. The zero-order valence-corrected chi connectivity index (χ0v) is 16.8. The van der Waals surface area contributed by atoms with Crippen LogP contribution in [0.25, 0.3) is 0 Å². The summed E-state index contributed by atoms with van der Waals surface area (Å²) in [5.74, 6) is 1.00. The van der Waals surface area contributed by atoms with Crippen LogP contribution < -0.4 is 25.0 Å². The van der Waals surface area contributed by atoms with Gasteiger partial charge in [0.1, 0.15) is 0 Å². The fourth-order valence-corrected chi connectivity index (χ4v) is 3.34. The topological polar surface area (TPSA) is 79.9 Å². The first-order valence-corrected chi connectivity index (χ1v) is 9.22. The summed E-state index contributed by atoms with van der Waals surface area (Å²) in [5, 5.41) is 6.03. The maximum atomic E-state index is 12.4. The highest BCUT2D eigenvalue weighted by atomic mass is 35.5. The van der Waals surface area contributed by atoms with E-state index in [9.17, 15) is 9.59 Å². The third-order valence-electron chi connectivity index (χ3n) is 4.34. The van der Waals surface area contributed by atoms with Crippen molar-refractivity contribution >= 4 is 46.5 Å². The Morgan fingerprint density at radius 2 is 1.89 bits per heavy atom. The van der Waals surface area contributed by atoms with E-state index in [1.807, 2.05) is 0 Å². The highest BCUT2D eigenvalue weighted by Crippen LogP contribution is 2.33.